The van der Waals surface area contributed by atoms with Crippen molar-refractivity contribution >= 4 is 32.8 Å². The zero-order chi connectivity index (χ0) is 21.2. The van der Waals surface area contributed by atoms with E-state index in [0.717, 1.165) is 16.5 Å². The van der Waals surface area contributed by atoms with Crippen LogP contribution in [0.1, 0.15) is 57.1 Å². The Morgan fingerprint density at radius 1 is 1.10 bits per heavy atom. The molecule has 0 bridgehead atoms. The van der Waals surface area contributed by atoms with Gasteiger partial charge in [0, 0.05) is 23.3 Å². The Bertz CT molecular complexity index is 1010. The smallest absolute Gasteiger partial charge is 0.550 e. The van der Waals surface area contributed by atoms with Gasteiger partial charge in [-0.3, -0.25) is 9.35 Å². The second-order valence-corrected chi connectivity index (χ2v) is 8.84. The maximum absolute atomic E-state index is 12.5. The van der Waals surface area contributed by atoms with E-state index in [1.165, 1.54) is 0 Å². The number of esters is 1. The maximum Gasteiger partial charge on any atom is 1.00 e. The van der Waals surface area contributed by atoms with Crippen LogP contribution in [0.3, 0.4) is 0 Å². The normalized spacial score (nSPS) is 12.7. The summed E-state index contributed by atoms with van der Waals surface area (Å²) in [7, 11) is -4.99. The topological polar surface area (TPSA) is 121 Å². The molecule has 0 spiro atoms. The molecule has 2 aromatic rings. The molecule has 1 unspecified atom stereocenters. The van der Waals surface area contributed by atoms with Crippen molar-refractivity contribution in [3.63, 3.8) is 0 Å². The number of aliphatic carboxylic acids is 1. The summed E-state index contributed by atoms with van der Waals surface area (Å²) >= 11 is 0. The second kappa shape index (κ2) is 10.0. The predicted octanol–water partition coefficient (Wildman–Crippen LogP) is -0.608. The summed E-state index contributed by atoms with van der Waals surface area (Å²) in [5, 5.41) is 9.97. The first-order valence-electron chi connectivity index (χ1n) is 8.86. The van der Waals surface area contributed by atoms with Gasteiger partial charge in [-0.05, 0) is 22.8 Å². The molecule has 2 rings (SSSR count). The van der Waals surface area contributed by atoms with E-state index in [2.05, 4.69) is 0 Å². The number of carbonyl (C=O) groups is 2. The van der Waals surface area contributed by atoms with Gasteiger partial charge < -0.3 is 14.6 Å². The third-order valence-electron chi connectivity index (χ3n) is 4.45. The summed E-state index contributed by atoms with van der Waals surface area (Å²) in [5.74, 6) is -2.94. The molecule has 0 aliphatic rings. The minimum atomic E-state index is -4.99. The number of carbonyl (C=O) groups excluding carboxylic acids is 2. The summed E-state index contributed by atoms with van der Waals surface area (Å²) in [4.78, 5) is 23.4. The van der Waals surface area contributed by atoms with Crippen LogP contribution in [0.2, 0.25) is 0 Å². The quantitative estimate of drug-likeness (QED) is 0.269. The van der Waals surface area contributed by atoms with Gasteiger partial charge in [-0.2, -0.15) is 8.42 Å². The number of hydrogen-bond donors (Lipinski definition) is 1. The number of carboxylic acids is 1. The molecule has 0 fully saturated rings. The van der Waals surface area contributed by atoms with Crippen molar-refractivity contribution in [2.75, 3.05) is 0 Å². The van der Waals surface area contributed by atoms with E-state index >= 15 is 0 Å². The van der Waals surface area contributed by atoms with Gasteiger partial charge in [-0.25, -0.2) is 0 Å². The van der Waals surface area contributed by atoms with E-state index in [-0.39, 0.29) is 47.1 Å². The van der Waals surface area contributed by atoms with Crippen molar-refractivity contribution in [1.82, 2.24) is 0 Å². The standard InChI is InChI=1S/C20H24O7S.Na/c1-11(2)15-9-13-7-5-6-8-14(13)19(18(15)12(3)4)27-20(23)16(10-17(21)22)28(24,25)26;/h5-9,11-12,16H,10H2,1-4H3,(H,21,22)(H,24,25,26);/q;+1/p-1. The fourth-order valence-electron chi connectivity index (χ4n) is 3.16. The maximum atomic E-state index is 12.5. The Morgan fingerprint density at radius 2 is 1.69 bits per heavy atom. The van der Waals surface area contributed by atoms with E-state index in [1.807, 2.05) is 45.9 Å². The summed E-state index contributed by atoms with van der Waals surface area (Å²) in [6, 6.07) is 9.14. The summed E-state index contributed by atoms with van der Waals surface area (Å²) in [6.45, 7) is 7.79. The minimum absolute atomic E-state index is 0. The van der Waals surface area contributed by atoms with E-state index in [0.29, 0.717) is 5.39 Å². The Balaban J connectivity index is 0.00000420. The molecule has 0 saturated heterocycles. The molecule has 0 saturated carbocycles. The molecule has 9 heteroatoms. The van der Waals surface area contributed by atoms with Crippen molar-refractivity contribution in [2.24, 2.45) is 0 Å². The predicted molar refractivity (Wildman–Crippen MR) is 103 cm³/mol. The summed E-state index contributed by atoms with van der Waals surface area (Å²) < 4.78 is 37.8. The Kier molecular flexibility index (Phi) is 8.86. The average Bonchev–Trinajstić information content (AvgIpc) is 2.57. The first-order valence-corrected chi connectivity index (χ1v) is 10.4. The molecule has 152 valence electrons. The number of carboxylic acid groups (broad SMARTS) is 1. The molecule has 0 aromatic heterocycles. The van der Waals surface area contributed by atoms with E-state index in [9.17, 15) is 27.7 Å². The molecule has 0 aliphatic heterocycles. The van der Waals surface area contributed by atoms with Crippen molar-refractivity contribution in [3.8, 4) is 5.75 Å². The Hall–Kier alpha value is -1.45. The molecule has 0 radical (unpaired) electrons. The number of benzene rings is 2. The third kappa shape index (κ3) is 6.02. The zero-order valence-electron chi connectivity index (χ0n) is 17.1. The molecule has 2 aromatic carbocycles. The first kappa shape index (κ1) is 25.6. The number of fused-ring (bicyclic) bond motifs is 1. The van der Waals surface area contributed by atoms with Crippen molar-refractivity contribution in [1.29, 1.82) is 0 Å². The van der Waals surface area contributed by atoms with Gasteiger partial charge in [0.25, 0.3) is 10.1 Å². The van der Waals surface area contributed by atoms with Crippen LogP contribution < -0.4 is 39.4 Å². The molecular formula is C20H23NaO7S. The molecule has 1 atom stereocenters. The minimum Gasteiger partial charge on any atom is -0.550 e. The molecule has 0 amide bonds. The molecule has 0 heterocycles. The van der Waals surface area contributed by atoms with Gasteiger partial charge in [-0.15, -0.1) is 0 Å². The van der Waals surface area contributed by atoms with Crippen LogP contribution in [0.4, 0.5) is 0 Å². The van der Waals surface area contributed by atoms with Gasteiger partial charge in [0.1, 0.15) is 5.75 Å². The largest absolute Gasteiger partial charge is 1.00 e. The first-order chi connectivity index (χ1) is 12.9. The van der Waals surface area contributed by atoms with Gasteiger partial charge in [0.2, 0.25) is 0 Å². The van der Waals surface area contributed by atoms with Crippen LogP contribution in [-0.4, -0.2) is 30.2 Å². The van der Waals surface area contributed by atoms with Crippen LogP contribution in [0, 0.1) is 0 Å². The van der Waals surface area contributed by atoms with E-state index in [4.69, 9.17) is 4.74 Å². The molecule has 7 nitrogen and oxygen atoms in total. The summed E-state index contributed by atoms with van der Waals surface area (Å²) in [5.41, 5.74) is 1.66. The monoisotopic (exact) mass is 430 g/mol. The Morgan fingerprint density at radius 3 is 2.17 bits per heavy atom. The fraction of sp³-hybridized carbons (Fsp3) is 0.400. The van der Waals surface area contributed by atoms with Gasteiger partial charge in [0.15, 0.2) is 5.25 Å². The molecule has 0 aliphatic carbocycles. The number of hydrogen-bond acceptors (Lipinski definition) is 6. The van der Waals surface area contributed by atoms with Gasteiger partial charge in [-0.1, -0.05) is 58.0 Å². The van der Waals surface area contributed by atoms with Gasteiger partial charge in [0.05, 0.1) is 0 Å². The number of rotatable bonds is 7. The SMILES string of the molecule is CC(C)c1cc2ccccc2c(OC(=O)C(CC(=O)[O-])S(=O)(=O)O)c1C(C)C.[Na+]. The van der Waals surface area contributed by atoms with Crippen molar-refractivity contribution in [2.45, 2.75) is 51.2 Å². The van der Waals surface area contributed by atoms with Crippen molar-refractivity contribution < 1.29 is 62.0 Å². The fourth-order valence-corrected chi connectivity index (χ4v) is 3.80. The van der Waals surface area contributed by atoms with Gasteiger partial charge >= 0.3 is 35.5 Å². The van der Waals surface area contributed by atoms with E-state index < -0.39 is 33.7 Å². The summed E-state index contributed by atoms with van der Waals surface area (Å²) in [6.07, 6.45) is -1.20. The van der Waals surface area contributed by atoms with Crippen LogP contribution in [-0.2, 0) is 19.7 Å². The second-order valence-electron chi connectivity index (χ2n) is 7.24. The average molecular weight is 430 g/mol. The van der Waals surface area contributed by atoms with Crippen LogP contribution in [0.25, 0.3) is 10.8 Å². The Labute approximate surface area is 192 Å². The third-order valence-corrected chi connectivity index (χ3v) is 5.53. The van der Waals surface area contributed by atoms with E-state index in [1.54, 1.807) is 12.1 Å². The van der Waals surface area contributed by atoms with Crippen LogP contribution in [0.15, 0.2) is 30.3 Å². The molecule has 1 N–H and O–H groups in total. The van der Waals surface area contributed by atoms with Crippen LogP contribution >= 0.6 is 0 Å². The molecule has 29 heavy (non-hydrogen) atoms. The number of ether oxygens (including phenoxy) is 1. The molecular weight excluding hydrogens is 407 g/mol. The van der Waals surface area contributed by atoms with Crippen LogP contribution in [0.5, 0.6) is 5.75 Å². The van der Waals surface area contributed by atoms with Crippen molar-refractivity contribution in [3.05, 3.63) is 41.5 Å². The zero-order valence-corrected chi connectivity index (χ0v) is 19.9.